The third kappa shape index (κ3) is 3.12. The normalized spacial score (nSPS) is 12.7. The smallest absolute Gasteiger partial charge is 0.0521 e. The third-order valence-corrected chi connectivity index (χ3v) is 3.53. The molecule has 18 heavy (non-hydrogen) atoms. The van der Waals surface area contributed by atoms with Gasteiger partial charge in [0.1, 0.15) is 0 Å². The van der Waals surface area contributed by atoms with Crippen LogP contribution in [0.1, 0.15) is 29.2 Å². The van der Waals surface area contributed by atoms with E-state index in [9.17, 15) is 0 Å². The van der Waals surface area contributed by atoms with E-state index in [1.807, 2.05) is 43.2 Å². The Balaban J connectivity index is 1.99. The summed E-state index contributed by atoms with van der Waals surface area (Å²) in [5.41, 5.74) is 9.57. The van der Waals surface area contributed by atoms with Gasteiger partial charge < -0.3 is 5.73 Å². The number of benzene rings is 1. The molecule has 0 aliphatic heterocycles. The summed E-state index contributed by atoms with van der Waals surface area (Å²) >= 11 is 6.11. The summed E-state index contributed by atoms with van der Waals surface area (Å²) in [5.74, 6) is 0. The van der Waals surface area contributed by atoms with E-state index < -0.39 is 0 Å². The van der Waals surface area contributed by atoms with Crippen molar-refractivity contribution in [3.05, 3.63) is 52.3 Å². The molecule has 0 fully saturated rings. The molecule has 1 unspecified atom stereocenters. The number of nitrogens with two attached hydrogens (primary N) is 1. The van der Waals surface area contributed by atoms with Crippen LogP contribution >= 0.6 is 11.6 Å². The van der Waals surface area contributed by atoms with Gasteiger partial charge in [0, 0.05) is 24.3 Å². The molecule has 0 saturated carbocycles. The maximum absolute atomic E-state index is 6.18. The third-order valence-electron chi connectivity index (χ3n) is 3.13. The van der Waals surface area contributed by atoms with Gasteiger partial charge in [0.2, 0.25) is 0 Å². The number of aryl methyl sites for hydroxylation is 3. The Bertz CT molecular complexity index is 534. The lowest BCUT2D eigenvalue weighted by atomic mass is 10.00. The molecule has 2 aromatic rings. The molecule has 2 rings (SSSR count). The van der Waals surface area contributed by atoms with Gasteiger partial charge in [-0.3, -0.25) is 4.68 Å². The van der Waals surface area contributed by atoms with Crippen molar-refractivity contribution in [1.29, 1.82) is 0 Å². The van der Waals surface area contributed by atoms with E-state index in [1.165, 1.54) is 5.56 Å². The van der Waals surface area contributed by atoms with Crippen LogP contribution in [0.15, 0.2) is 30.6 Å². The first-order valence-electron chi connectivity index (χ1n) is 6.05. The molecule has 1 heterocycles. The Morgan fingerprint density at radius 2 is 2.22 bits per heavy atom. The second-order valence-electron chi connectivity index (χ2n) is 4.68. The maximum Gasteiger partial charge on any atom is 0.0521 e. The molecule has 0 radical (unpaired) electrons. The van der Waals surface area contributed by atoms with Crippen molar-refractivity contribution in [1.82, 2.24) is 9.78 Å². The van der Waals surface area contributed by atoms with Crippen LogP contribution in [0.5, 0.6) is 0 Å². The van der Waals surface area contributed by atoms with Crippen LogP contribution in [0.3, 0.4) is 0 Å². The molecule has 0 amide bonds. The lowest BCUT2D eigenvalue weighted by Crippen LogP contribution is -2.11. The molecule has 96 valence electrons. The first-order chi connectivity index (χ1) is 8.56. The van der Waals surface area contributed by atoms with Crippen molar-refractivity contribution in [3.63, 3.8) is 0 Å². The molecule has 0 saturated heterocycles. The van der Waals surface area contributed by atoms with Gasteiger partial charge in [-0.1, -0.05) is 23.7 Å². The average molecular weight is 264 g/mol. The second kappa shape index (κ2) is 5.55. The molecule has 1 aromatic heterocycles. The van der Waals surface area contributed by atoms with E-state index in [1.54, 1.807) is 0 Å². The predicted octanol–water partition coefficient (Wildman–Crippen LogP) is 3.01. The molecule has 1 atom stereocenters. The fourth-order valence-electron chi connectivity index (χ4n) is 1.93. The highest BCUT2D eigenvalue weighted by atomic mass is 35.5. The fraction of sp³-hybridized carbons (Fsp3) is 0.357. The molecular weight excluding hydrogens is 246 g/mol. The standard InChI is InChI=1S/C14H18ClN3/c1-10-3-5-12(7-13(10)15)14(16)6-4-11-8-17-18(2)9-11/h3,5,7-9,14H,4,6,16H2,1-2H3. The highest BCUT2D eigenvalue weighted by molar-refractivity contribution is 6.31. The predicted molar refractivity (Wildman–Crippen MR) is 74.6 cm³/mol. The molecule has 3 nitrogen and oxygen atoms in total. The molecule has 0 aliphatic carbocycles. The van der Waals surface area contributed by atoms with Crippen LogP contribution in [0, 0.1) is 6.92 Å². The fourth-order valence-corrected chi connectivity index (χ4v) is 2.12. The van der Waals surface area contributed by atoms with Crippen LogP contribution in [0.4, 0.5) is 0 Å². The highest BCUT2D eigenvalue weighted by Gasteiger charge is 2.08. The van der Waals surface area contributed by atoms with Crippen molar-refractivity contribution in [2.75, 3.05) is 0 Å². The van der Waals surface area contributed by atoms with E-state index in [2.05, 4.69) is 11.2 Å². The summed E-state index contributed by atoms with van der Waals surface area (Å²) in [6.45, 7) is 1.99. The van der Waals surface area contributed by atoms with Gasteiger partial charge in [0.25, 0.3) is 0 Å². The monoisotopic (exact) mass is 263 g/mol. The average Bonchev–Trinajstić information content (AvgIpc) is 2.75. The quantitative estimate of drug-likeness (QED) is 0.922. The van der Waals surface area contributed by atoms with Crippen LogP contribution in [0.25, 0.3) is 0 Å². The minimum absolute atomic E-state index is 0.0170. The minimum atomic E-state index is 0.0170. The first-order valence-corrected chi connectivity index (χ1v) is 6.43. The number of hydrogen-bond donors (Lipinski definition) is 1. The number of nitrogens with zero attached hydrogens (tertiary/aromatic N) is 2. The van der Waals surface area contributed by atoms with E-state index in [0.29, 0.717) is 0 Å². The Morgan fingerprint density at radius 3 is 2.83 bits per heavy atom. The van der Waals surface area contributed by atoms with Gasteiger partial charge in [0.15, 0.2) is 0 Å². The Morgan fingerprint density at radius 1 is 1.44 bits per heavy atom. The van der Waals surface area contributed by atoms with E-state index in [-0.39, 0.29) is 6.04 Å². The van der Waals surface area contributed by atoms with Crippen LogP contribution < -0.4 is 5.73 Å². The van der Waals surface area contributed by atoms with Crippen molar-refractivity contribution in [2.24, 2.45) is 12.8 Å². The molecule has 0 bridgehead atoms. The van der Waals surface area contributed by atoms with Crippen LogP contribution in [-0.4, -0.2) is 9.78 Å². The van der Waals surface area contributed by atoms with Gasteiger partial charge >= 0.3 is 0 Å². The van der Waals surface area contributed by atoms with Gasteiger partial charge in [-0.25, -0.2) is 0 Å². The summed E-state index contributed by atoms with van der Waals surface area (Å²) in [6, 6.07) is 6.05. The van der Waals surface area contributed by atoms with Gasteiger partial charge in [-0.15, -0.1) is 0 Å². The molecule has 4 heteroatoms. The Labute approximate surface area is 113 Å². The zero-order valence-electron chi connectivity index (χ0n) is 10.7. The largest absolute Gasteiger partial charge is 0.324 e. The summed E-state index contributed by atoms with van der Waals surface area (Å²) in [7, 11) is 1.92. The van der Waals surface area contributed by atoms with Gasteiger partial charge in [0.05, 0.1) is 6.20 Å². The van der Waals surface area contributed by atoms with Crippen molar-refractivity contribution < 1.29 is 0 Å². The van der Waals surface area contributed by atoms with Gasteiger partial charge in [-0.05, 0) is 42.5 Å². The lowest BCUT2D eigenvalue weighted by Gasteiger charge is -2.12. The topological polar surface area (TPSA) is 43.8 Å². The molecule has 0 spiro atoms. The van der Waals surface area contributed by atoms with Crippen molar-refractivity contribution >= 4 is 11.6 Å². The zero-order valence-corrected chi connectivity index (χ0v) is 11.5. The number of halogens is 1. The zero-order chi connectivity index (χ0) is 13.1. The van der Waals surface area contributed by atoms with Crippen molar-refractivity contribution in [2.45, 2.75) is 25.8 Å². The van der Waals surface area contributed by atoms with E-state index >= 15 is 0 Å². The van der Waals surface area contributed by atoms with Crippen LogP contribution in [-0.2, 0) is 13.5 Å². The van der Waals surface area contributed by atoms with Gasteiger partial charge in [-0.2, -0.15) is 5.10 Å². The summed E-state index contributed by atoms with van der Waals surface area (Å²) in [4.78, 5) is 0. The minimum Gasteiger partial charge on any atom is -0.324 e. The molecule has 0 aliphatic rings. The van der Waals surface area contributed by atoms with Crippen LogP contribution in [0.2, 0.25) is 5.02 Å². The summed E-state index contributed by atoms with van der Waals surface area (Å²) in [6.07, 6.45) is 5.73. The molecular formula is C14H18ClN3. The number of hydrogen-bond acceptors (Lipinski definition) is 2. The lowest BCUT2D eigenvalue weighted by molar-refractivity contribution is 0.651. The summed E-state index contributed by atoms with van der Waals surface area (Å²) in [5, 5.41) is 4.93. The first kappa shape index (κ1) is 13.1. The Kier molecular flexibility index (Phi) is 4.04. The SMILES string of the molecule is Cc1ccc(C(N)CCc2cnn(C)c2)cc1Cl. The number of aromatic nitrogens is 2. The highest BCUT2D eigenvalue weighted by Crippen LogP contribution is 2.22. The summed E-state index contributed by atoms with van der Waals surface area (Å²) < 4.78 is 1.81. The number of rotatable bonds is 4. The van der Waals surface area contributed by atoms with E-state index in [0.717, 1.165) is 29.0 Å². The molecule has 1 aromatic carbocycles. The van der Waals surface area contributed by atoms with E-state index in [4.69, 9.17) is 17.3 Å². The van der Waals surface area contributed by atoms with Crippen molar-refractivity contribution in [3.8, 4) is 0 Å². The Hall–Kier alpha value is -1.32. The maximum atomic E-state index is 6.18. The second-order valence-corrected chi connectivity index (χ2v) is 5.08. The molecule has 2 N–H and O–H groups in total.